The lowest BCUT2D eigenvalue weighted by Gasteiger charge is -2.22. The average molecular weight is 361 g/mol. The number of nitrogens with one attached hydrogen (secondary N) is 2. The largest absolute Gasteiger partial charge is 0.341 e. The van der Waals surface area contributed by atoms with Gasteiger partial charge in [0.15, 0.2) is 0 Å². The van der Waals surface area contributed by atoms with E-state index < -0.39 is 0 Å². The zero-order valence-electron chi connectivity index (χ0n) is 16.3. The van der Waals surface area contributed by atoms with Crippen LogP contribution in [0.4, 0.5) is 10.5 Å². The van der Waals surface area contributed by atoms with E-state index in [1.54, 1.807) is 7.05 Å². The summed E-state index contributed by atoms with van der Waals surface area (Å²) >= 11 is 0. The number of allylic oxidation sites excluding steroid dienone is 2. The minimum absolute atomic E-state index is 0.0469. The molecule has 0 aliphatic carbocycles. The first-order valence-electron chi connectivity index (χ1n) is 9.47. The molecule has 0 saturated heterocycles. The molecule has 0 saturated carbocycles. The summed E-state index contributed by atoms with van der Waals surface area (Å²) in [5.41, 5.74) is 6.81. The van der Waals surface area contributed by atoms with Gasteiger partial charge in [0.2, 0.25) is 0 Å². The summed E-state index contributed by atoms with van der Waals surface area (Å²) in [6, 6.07) is 14.3. The van der Waals surface area contributed by atoms with E-state index in [0.29, 0.717) is 0 Å². The van der Waals surface area contributed by atoms with Gasteiger partial charge in [-0.05, 0) is 67.5 Å². The number of amides is 2. The lowest BCUT2D eigenvalue weighted by Crippen LogP contribution is -2.24. The fourth-order valence-electron chi connectivity index (χ4n) is 3.46. The van der Waals surface area contributed by atoms with E-state index in [2.05, 4.69) is 54.8 Å². The second kappa shape index (κ2) is 8.67. The molecule has 2 aromatic rings. The van der Waals surface area contributed by atoms with Crippen LogP contribution in [-0.4, -0.2) is 19.3 Å². The predicted molar refractivity (Wildman–Crippen MR) is 113 cm³/mol. The molecule has 2 amide bonds. The third-order valence-electron chi connectivity index (χ3n) is 5.09. The van der Waals surface area contributed by atoms with Crippen molar-refractivity contribution in [1.29, 1.82) is 0 Å². The van der Waals surface area contributed by atoms with Gasteiger partial charge in [0.1, 0.15) is 0 Å². The molecule has 2 aromatic carbocycles. The number of aliphatic imine (C=N–C) groups is 1. The van der Waals surface area contributed by atoms with Gasteiger partial charge in [0.25, 0.3) is 0 Å². The zero-order chi connectivity index (χ0) is 19.2. The molecule has 1 atom stereocenters. The topological polar surface area (TPSA) is 53.5 Å². The highest BCUT2D eigenvalue weighted by Crippen LogP contribution is 2.37. The van der Waals surface area contributed by atoms with E-state index >= 15 is 0 Å². The van der Waals surface area contributed by atoms with Crippen LogP contribution in [0, 0.1) is 13.8 Å². The smallest absolute Gasteiger partial charge is 0.318 e. The molecule has 1 aliphatic rings. The molecule has 140 valence electrons. The van der Waals surface area contributed by atoms with E-state index in [4.69, 9.17) is 4.99 Å². The summed E-state index contributed by atoms with van der Waals surface area (Å²) in [4.78, 5) is 16.5. The molecule has 27 heavy (non-hydrogen) atoms. The number of urea groups is 1. The van der Waals surface area contributed by atoms with Gasteiger partial charge in [-0.3, -0.25) is 4.99 Å². The Bertz CT molecular complexity index is 883. The van der Waals surface area contributed by atoms with Gasteiger partial charge in [-0.2, -0.15) is 0 Å². The van der Waals surface area contributed by atoms with Crippen LogP contribution >= 0.6 is 0 Å². The number of hydrogen-bond donors (Lipinski definition) is 2. The van der Waals surface area contributed by atoms with Crippen LogP contribution in [0.15, 0.2) is 59.2 Å². The second-order valence-electron chi connectivity index (χ2n) is 6.92. The van der Waals surface area contributed by atoms with Gasteiger partial charge < -0.3 is 10.6 Å². The van der Waals surface area contributed by atoms with Crippen LogP contribution in [0.3, 0.4) is 0 Å². The van der Waals surface area contributed by atoms with Gasteiger partial charge in [-0.1, -0.05) is 36.4 Å². The minimum atomic E-state index is -0.220. The normalized spacial score (nSPS) is 14.9. The van der Waals surface area contributed by atoms with Crippen molar-refractivity contribution in [3.8, 4) is 0 Å². The van der Waals surface area contributed by atoms with Crippen molar-refractivity contribution in [3.05, 3.63) is 76.5 Å². The predicted octanol–water partition coefficient (Wildman–Crippen LogP) is 5.33. The van der Waals surface area contributed by atoms with Crippen molar-refractivity contribution in [2.24, 2.45) is 4.99 Å². The first-order chi connectivity index (χ1) is 13.1. The highest BCUT2D eigenvalue weighted by molar-refractivity contribution is 5.89. The summed E-state index contributed by atoms with van der Waals surface area (Å²) in [6.45, 7) is 4.31. The molecule has 0 radical (unpaired) electrons. The number of anilines is 1. The van der Waals surface area contributed by atoms with E-state index in [9.17, 15) is 4.79 Å². The molecule has 2 N–H and O–H groups in total. The number of nitrogens with zero attached hydrogens (tertiary/aromatic N) is 1. The van der Waals surface area contributed by atoms with Crippen LogP contribution < -0.4 is 10.6 Å². The number of carbonyl (C=O) groups is 1. The minimum Gasteiger partial charge on any atom is -0.341 e. The Morgan fingerprint density at radius 3 is 2.74 bits per heavy atom. The lowest BCUT2D eigenvalue weighted by atomic mass is 9.84. The number of aryl methyl sites for hydroxylation is 1. The SMILES string of the molecule is CNC(=O)Nc1cccc(C(C2=CCCCC=N2)c2cccc(C)c2C)c1. The molecule has 0 aromatic heterocycles. The number of rotatable bonds is 4. The Kier molecular flexibility index (Phi) is 6.07. The Morgan fingerprint density at radius 1 is 1.11 bits per heavy atom. The molecule has 0 bridgehead atoms. The molecule has 1 unspecified atom stereocenters. The van der Waals surface area contributed by atoms with E-state index in [-0.39, 0.29) is 11.9 Å². The third-order valence-corrected chi connectivity index (χ3v) is 5.09. The average Bonchev–Trinajstić information content (AvgIpc) is 2.95. The number of benzene rings is 2. The highest BCUT2D eigenvalue weighted by atomic mass is 16.2. The van der Waals surface area contributed by atoms with Crippen LogP contribution in [0.25, 0.3) is 0 Å². The quantitative estimate of drug-likeness (QED) is 0.760. The van der Waals surface area contributed by atoms with Crippen molar-refractivity contribution in [2.45, 2.75) is 39.0 Å². The molecule has 1 aliphatic heterocycles. The molecule has 3 rings (SSSR count). The molecule has 4 heteroatoms. The maximum Gasteiger partial charge on any atom is 0.318 e. The van der Waals surface area contributed by atoms with Gasteiger partial charge >= 0.3 is 6.03 Å². The Morgan fingerprint density at radius 2 is 1.93 bits per heavy atom. The number of hydrogen-bond acceptors (Lipinski definition) is 2. The van der Waals surface area contributed by atoms with Crippen molar-refractivity contribution in [1.82, 2.24) is 5.32 Å². The zero-order valence-corrected chi connectivity index (χ0v) is 16.3. The third kappa shape index (κ3) is 4.45. The van der Waals surface area contributed by atoms with Crippen LogP contribution in [0.2, 0.25) is 0 Å². The van der Waals surface area contributed by atoms with E-state index in [1.165, 1.54) is 16.7 Å². The Labute approximate surface area is 161 Å². The van der Waals surface area contributed by atoms with Crippen molar-refractivity contribution in [3.63, 3.8) is 0 Å². The number of carbonyl (C=O) groups excluding carboxylic acids is 1. The fraction of sp³-hybridized carbons (Fsp3) is 0.304. The van der Waals surface area contributed by atoms with Crippen LogP contribution in [0.5, 0.6) is 0 Å². The van der Waals surface area contributed by atoms with E-state index in [0.717, 1.165) is 36.2 Å². The Balaban J connectivity index is 2.10. The van der Waals surface area contributed by atoms with Gasteiger partial charge in [-0.15, -0.1) is 0 Å². The summed E-state index contributed by atoms with van der Waals surface area (Å²) in [7, 11) is 1.61. The first-order valence-corrected chi connectivity index (χ1v) is 9.47. The second-order valence-corrected chi connectivity index (χ2v) is 6.92. The highest BCUT2D eigenvalue weighted by Gasteiger charge is 2.22. The standard InChI is InChI=1S/C23H27N3O/c1-16-9-7-12-20(17(16)2)22(21-13-5-4-6-14-25-21)18-10-8-11-19(15-18)26-23(27)24-3/h7-15,22H,4-6H2,1-3H3,(H2,24,26,27). The molecular formula is C23H27N3O. The van der Waals surface area contributed by atoms with Gasteiger partial charge in [-0.25, -0.2) is 4.79 Å². The van der Waals surface area contributed by atoms with Gasteiger partial charge in [0, 0.05) is 24.6 Å². The van der Waals surface area contributed by atoms with Crippen molar-refractivity contribution < 1.29 is 4.79 Å². The molecule has 0 fully saturated rings. The monoisotopic (exact) mass is 361 g/mol. The molecule has 1 heterocycles. The maximum atomic E-state index is 11.7. The van der Waals surface area contributed by atoms with Crippen molar-refractivity contribution >= 4 is 17.9 Å². The van der Waals surface area contributed by atoms with Crippen LogP contribution in [-0.2, 0) is 0 Å². The van der Waals surface area contributed by atoms with Crippen LogP contribution in [0.1, 0.15) is 47.4 Å². The first kappa shape index (κ1) is 18.9. The maximum absolute atomic E-state index is 11.7. The summed E-state index contributed by atoms with van der Waals surface area (Å²) in [5, 5.41) is 5.47. The summed E-state index contributed by atoms with van der Waals surface area (Å²) in [6.07, 6.45) is 7.47. The molecular weight excluding hydrogens is 334 g/mol. The van der Waals surface area contributed by atoms with Gasteiger partial charge in [0.05, 0.1) is 5.92 Å². The summed E-state index contributed by atoms with van der Waals surface area (Å²) < 4.78 is 0. The Hall–Kier alpha value is -2.88. The van der Waals surface area contributed by atoms with Crippen molar-refractivity contribution in [2.75, 3.05) is 12.4 Å². The molecule has 0 spiro atoms. The summed E-state index contributed by atoms with van der Waals surface area (Å²) in [5.74, 6) is 0.0469. The molecule has 4 nitrogen and oxygen atoms in total. The lowest BCUT2D eigenvalue weighted by molar-refractivity contribution is 0.254. The fourth-order valence-corrected chi connectivity index (χ4v) is 3.46. The van der Waals surface area contributed by atoms with E-state index in [1.807, 2.05) is 24.4 Å².